The highest BCUT2D eigenvalue weighted by molar-refractivity contribution is 5.65. The van der Waals surface area contributed by atoms with E-state index in [2.05, 4.69) is 10.1 Å². The van der Waals surface area contributed by atoms with Gasteiger partial charge in [0.1, 0.15) is 0 Å². The van der Waals surface area contributed by atoms with Gasteiger partial charge in [-0.05, 0) is 17.7 Å². The van der Waals surface area contributed by atoms with Gasteiger partial charge in [-0.1, -0.05) is 12.1 Å². The highest BCUT2D eigenvalue weighted by Gasteiger charge is 2.09. The normalized spacial score (nSPS) is 10.4. The van der Waals surface area contributed by atoms with Crippen LogP contribution in [0.15, 0.2) is 61.2 Å². The van der Waals surface area contributed by atoms with Crippen molar-refractivity contribution in [2.24, 2.45) is 0 Å². The average molecular weight is 266 g/mol. The van der Waals surface area contributed by atoms with Crippen LogP contribution in [0.1, 0.15) is 0 Å². The first-order valence-corrected chi connectivity index (χ1v) is 5.94. The van der Waals surface area contributed by atoms with E-state index in [0.29, 0.717) is 0 Å². The first-order chi connectivity index (χ1) is 9.74. The summed E-state index contributed by atoms with van der Waals surface area (Å²) in [6, 6.07) is 10.2. The van der Waals surface area contributed by atoms with Crippen molar-refractivity contribution in [2.45, 2.75) is 0 Å². The zero-order chi connectivity index (χ0) is 13.9. The van der Waals surface area contributed by atoms with Crippen molar-refractivity contribution in [2.75, 3.05) is 0 Å². The molecule has 6 heteroatoms. The van der Waals surface area contributed by atoms with E-state index in [1.165, 1.54) is 12.1 Å². The molecular weight excluding hydrogens is 256 g/mol. The van der Waals surface area contributed by atoms with Crippen LogP contribution in [0.3, 0.4) is 0 Å². The fourth-order valence-electron chi connectivity index (χ4n) is 1.90. The van der Waals surface area contributed by atoms with Crippen molar-refractivity contribution < 1.29 is 4.92 Å². The van der Waals surface area contributed by atoms with Crippen LogP contribution in [0.25, 0.3) is 16.8 Å². The summed E-state index contributed by atoms with van der Waals surface area (Å²) in [6.07, 6.45) is 6.88. The molecule has 1 aromatic carbocycles. The second-order valence-corrected chi connectivity index (χ2v) is 4.19. The molecule has 0 atom stereocenters. The predicted octanol–water partition coefficient (Wildman–Crippen LogP) is 2.84. The molecule has 3 rings (SSSR count). The summed E-state index contributed by atoms with van der Waals surface area (Å²) in [5.74, 6) is 0. The van der Waals surface area contributed by atoms with E-state index < -0.39 is 4.92 Å². The summed E-state index contributed by atoms with van der Waals surface area (Å²) in [4.78, 5) is 14.4. The highest BCUT2D eigenvalue weighted by Crippen LogP contribution is 2.24. The topological polar surface area (TPSA) is 73.8 Å². The SMILES string of the molecule is O=[N+]([O-])c1cccc(-c2cnn(-c3cccnc3)c2)c1. The molecule has 0 unspecified atom stereocenters. The van der Waals surface area contributed by atoms with Gasteiger partial charge in [0, 0.05) is 30.1 Å². The van der Waals surface area contributed by atoms with Crippen molar-refractivity contribution >= 4 is 5.69 Å². The van der Waals surface area contributed by atoms with Gasteiger partial charge in [0.25, 0.3) is 5.69 Å². The maximum absolute atomic E-state index is 10.8. The van der Waals surface area contributed by atoms with E-state index in [4.69, 9.17) is 0 Å². The van der Waals surface area contributed by atoms with E-state index >= 15 is 0 Å². The molecule has 0 aliphatic carbocycles. The lowest BCUT2D eigenvalue weighted by Crippen LogP contribution is -1.93. The van der Waals surface area contributed by atoms with E-state index in [9.17, 15) is 10.1 Å². The molecule has 0 saturated heterocycles. The van der Waals surface area contributed by atoms with Crippen LogP contribution < -0.4 is 0 Å². The number of nitrogens with zero attached hydrogens (tertiary/aromatic N) is 4. The van der Waals surface area contributed by atoms with Gasteiger partial charge in [-0.3, -0.25) is 15.1 Å². The van der Waals surface area contributed by atoms with Crippen LogP contribution in [0.5, 0.6) is 0 Å². The summed E-state index contributed by atoms with van der Waals surface area (Å²) in [5, 5.41) is 15.0. The Morgan fingerprint density at radius 3 is 2.75 bits per heavy atom. The molecule has 2 aromatic heterocycles. The second kappa shape index (κ2) is 4.93. The minimum absolute atomic E-state index is 0.0663. The molecule has 0 fully saturated rings. The fourth-order valence-corrected chi connectivity index (χ4v) is 1.90. The summed E-state index contributed by atoms with van der Waals surface area (Å²) in [6.45, 7) is 0. The number of non-ortho nitro benzene ring substituents is 1. The maximum atomic E-state index is 10.8. The van der Waals surface area contributed by atoms with E-state index in [0.717, 1.165) is 16.8 Å². The Bertz CT molecular complexity index is 753. The molecule has 98 valence electrons. The number of nitro groups is 1. The number of rotatable bonds is 3. The van der Waals surface area contributed by atoms with E-state index in [1.54, 1.807) is 29.3 Å². The molecule has 0 aliphatic heterocycles. The summed E-state index contributed by atoms with van der Waals surface area (Å²) < 4.78 is 1.68. The molecule has 0 bridgehead atoms. The maximum Gasteiger partial charge on any atom is 0.270 e. The Labute approximate surface area is 114 Å². The number of pyridine rings is 1. The number of hydrogen-bond donors (Lipinski definition) is 0. The van der Waals surface area contributed by atoms with Crippen LogP contribution in [0.4, 0.5) is 5.69 Å². The second-order valence-electron chi connectivity index (χ2n) is 4.19. The third-order valence-corrected chi connectivity index (χ3v) is 2.88. The molecule has 20 heavy (non-hydrogen) atoms. The van der Waals surface area contributed by atoms with Gasteiger partial charge in [0.15, 0.2) is 0 Å². The first kappa shape index (κ1) is 12.0. The molecule has 0 saturated carbocycles. The van der Waals surface area contributed by atoms with Crippen molar-refractivity contribution in [3.63, 3.8) is 0 Å². The molecule has 2 heterocycles. The Hall–Kier alpha value is -3.02. The van der Waals surface area contributed by atoms with Gasteiger partial charge >= 0.3 is 0 Å². The van der Waals surface area contributed by atoms with Crippen molar-refractivity contribution in [1.82, 2.24) is 14.8 Å². The summed E-state index contributed by atoms with van der Waals surface area (Å²) in [5.41, 5.74) is 2.48. The molecule has 0 amide bonds. The fraction of sp³-hybridized carbons (Fsp3) is 0. The molecule has 6 nitrogen and oxygen atoms in total. The van der Waals surface area contributed by atoms with Crippen molar-refractivity contribution in [1.29, 1.82) is 0 Å². The van der Waals surface area contributed by atoms with Gasteiger partial charge < -0.3 is 0 Å². The number of aromatic nitrogens is 3. The van der Waals surface area contributed by atoms with Crippen LogP contribution in [0, 0.1) is 10.1 Å². The van der Waals surface area contributed by atoms with Crippen molar-refractivity contribution in [3.05, 3.63) is 71.3 Å². The van der Waals surface area contributed by atoms with Crippen LogP contribution in [-0.2, 0) is 0 Å². The monoisotopic (exact) mass is 266 g/mol. The molecule has 3 aromatic rings. The molecular formula is C14H10N4O2. The lowest BCUT2D eigenvalue weighted by Gasteiger charge is -1.99. The first-order valence-electron chi connectivity index (χ1n) is 5.94. The van der Waals surface area contributed by atoms with Gasteiger partial charge in [0.2, 0.25) is 0 Å². The molecule has 0 aliphatic rings. The van der Waals surface area contributed by atoms with Gasteiger partial charge in [-0.2, -0.15) is 5.10 Å². The number of nitro benzene ring substituents is 1. The van der Waals surface area contributed by atoms with Gasteiger partial charge in [-0.15, -0.1) is 0 Å². The number of hydrogen-bond acceptors (Lipinski definition) is 4. The third kappa shape index (κ3) is 2.26. The van der Waals surface area contributed by atoms with Crippen LogP contribution in [0.2, 0.25) is 0 Å². The predicted molar refractivity (Wildman–Crippen MR) is 73.4 cm³/mol. The third-order valence-electron chi connectivity index (χ3n) is 2.88. The highest BCUT2D eigenvalue weighted by atomic mass is 16.6. The van der Waals surface area contributed by atoms with E-state index in [1.807, 2.05) is 24.4 Å². The minimum Gasteiger partial charge on any atom is -0.262 e. The standard InChI is InChI=1S/C14H10N4O2/c19-18(20)13-4-1-3-11(7-13)12-8-16-17(10-12)14-5-2-6-15-9-14/h1-10H. The van der Waals surface area contributed by atoms with E-state index in [-0.39, 0.29) is 5.69 Å². The molecule has 0 radical (unpaired) electrons. The zero-order valence-corrected chi connectivity index (χ0v) is 10.4. The minimum atomic E-state index is -0.408. The zero-order valence-electron chi connectivity index (χ0n) is 10.4. The number of benzene rings is 1. The summed E-state index contributed by atoms with van der Waals surface area (Å²) in [7, 11) is 0. The van der Waals surface area contributed by atoms with Crippen LogP contribution >= 0.6 is 0 Å². The average Bonchev–Trinajstić information content (AvgIpc) is 2.98. The van der Waals surface area contributed by atoms with Crippen LogP contribution in [-0.4, -0.2) is 19.7 Å². The molecule has 0 N–H and O–H groups in total. The summed E-state index contributed by atoms with van der Waals surface area (Å²) >= 11 is 0. The van der Waals surface area contributed by atoms with Gasteiger partial charge in [-0.25, -0.2) is 4.68 Å². The van der Waals surface area contributed by atoms with Crippen molar-refractivity contribution in [3.8, 4) is 16.8 Å². The Morgan fingerprint density at radius 1 is 1.10 bits per heavy atom. The smallest absolute Gasteiger partial charge is 0.262 e. The van der Waals surface area contributed by atoms with Gasteiger partial charge in [0.05, 0.1) is 23.0 Å². The quantitative estimate of drug-likeness (QED) is 0.539. The molecule has 0 spiro atoms. The Balaban J connectivity index is 1.98. The Kier molecular flexibility index (Phi) is 2.96. The largest absolute Gasteiger partial charge is 0.270 e. The lowest BCUT2D eigenvalue weighted by atomic mass is 10.1. The lowest BCUT2D eigenvalue weighted by molar-refractivity contribution is -0.384. The Morgan fingerprint density at radius 2 is 2.00 bits per heavy atom.